The number of terminal acetylenes is 1. The minimum absolute atomic E-state index is 0.229. The van der Waals surface area contributed by atoms with E-state index in [0.717, 1.165) is 0 Å². The molecular formula is C11H14O4. The van der Waals surface area contributed by atoms with Crippen LogP contribution < -0.4 is 0 Å². The van der Waals surface area contributed by atoms with Crippen molar-refractivity contribution >= 4 is 12.1 Å². The maximum Gasteiger partial charge on any atom is 0.224 e. The predicted molar refractivity (Wildman–Crippen MR) is 53.0 cm³/mol. The second-order valence-corrected chi connectivity index (χ2v) is 3.91. The summed E-state index contributed by atoms with van der Waals surface area (Å²) in [6.07, 6.45) is 5.24. The van der Waals surface area contributed by atoms with Crippen LogP contribution in [0.3, 0.4) is 0 Å². The van der Waals surface area contributed by atoms with Crippen LogP contribution in [-0.2, 0) is 19.1 Å². The molecule has 4 heteroatoms. The van der Waals surface area contributed by atoms with Gasteiger partial charge in [-0.2, -0.15) is 0 Å². The highest BCUT2D eigenvalue weighted by Crippen LogP contribution is 2.28. The van der Waals surface area contributed by atoms with Crippen molar-refractivity contribution in [3.05, 3.63) is 0 Å². The van der Waals surface area contributed by atoms with Crippen LogP contribution >= 0.6 is 0 Å². The van der Waals surface area contributed by atoms with Gasteiger partial charge in [-0.05, 0) is 13.8 Å². The van der Waals surface area contributed by atoms with Gasteiger partial charge in [0.15, 0.2) is 12.1 Å². The van der Waals surface area contributed by atoms with Crippen molar-refractivity contribution in [3.8, 4) is 12.3 Å². The molecule has 0 aromatic heterocycles. The van der Waals surface area contributed by atoms with Gasteiger partial charge >= 0.3 is 0 Å². The summed E-state index contributed by atoms with van der Waals surface area (Å²) in [6.45, 7) is 3.39. The molecule has 1 heterocycles. The standard InChI is InChI=1S/C11H14O4/c1-4-5-8-6-10(9(13)7-12)15-11(2,3)14-8/h1,7-8,10H,5-6H2,2-3H3. The van der Waals surface area contributed by atoms with Gasteiger partial charge in [-0.15, -0.1) is 12.3 Å². The Bertz CT molecular complexity index is 300. The van der Waals surface area contributed by atoms with E-state index in [1.165, 1.54) is 0 Å². The number of carbonyl (C=O) groups is 2. The molecule has 0 saturated carbocycles. The van der Waals surface area contributed by atoms with Crippen LogP contribution in [0.1, 0.15) is 26.7 Å². The van der Waals surface area contributed by atoms with Crippen LogP contribution in [-0.4, -0.2) is 30.1 Å². The lowest BCUT2D eigenvalue weighted by Crippen LogP contribution is -2.47. The molecule has 1 rings (SSSR count). The Kier molecular flexibility index (Phi) is 3.61. The first-order chi connectivity index (χ1) is 6.98. The molecule has 0 radical (unpaired) electrons. The number of rotatable bonds is 3. The van der Waals surface area contributed by atoms with Gasteiger partial charge in [0.2, 0.25) is 5.78 Å². The van der Waals surface area contributed by atoms with Gasteiger partial charge in [-0.25, -0.2) is 0 Å². The lowest BCUT2D eigenvalue weighted by Gasteiger charge is -2.39. The summed E-state index contributed by atoms with van der Waals surface area (Å²) < 4.78 is 10.8. The second kappa shape index (κ2) is 4.56. The number of ether oxygens (including phenoxy) is 2. The SMILES string of the molecule is C#CCC1CC(C(=O)C=O)OC(C)(C)O1. The van der Waals surface area contributed by atoms with E-state index >= 15 is 0 Å². The van der Waals surface area contributed by atoms with Crippen LogP contribution in [0.4, 0.5) is 0 Å². The van der Waals surface area contributed by atoms with Crippen molar-refractivity contribution in [2.45, 2.75) is 44.7 Å². The topological polar surface area (TPSA) is 52.6 Å². The first-order valence-electron chi connectivity index (χ1n) is 4.76. The quantitative estimate of drug-likeness (QED) is 0.390. The van der Waals surface area contributed by atoms with Gasteiger partial charge in [0.1, 0.15) is 6.10 Å². The summed E-state index contributed by atoms with van der Waals surface area (Å²) in [5, 5.41) is 0. The Hall–Kier alpha value is -1.18. The molecule has 0 spiro atoms. The molecule has 15 heavy (non-hydrogen) atoms. The summed E-state index contributed by atoms with van der Waals surface area (Å²) in [5.41, 5.74) is 0. The Morgan fingerprint density at radius 3 is 2.80 bits per heavy atom. The molecule has 1 fully saturated rings. The first kappa shape index (κ1) is 11.9. The Morgan fingerprint density at radius 2 is 2.27 bits per heavy atom. The van der Waals surface area contributed by atoms with Crippen LogP contribution in [0.25, 0.3) is 0 Å². The highest BCUT2D eigenvalue weighted by Gasteiger charge is 2.38. The number of Topliss-reactive ketones (excluding diaryl/α,β-unsaturated/α-hetero) is 1. The van der Waals surface area contributed by atoms with E-state index in [0.29, 0.717) is 12.8 Å². The maximum atomic E-state index is 11.2. The summed E-state index contributed by atoms with van der Waals surface area (Å²) in [5.74, 6) is 1.04. The van der Waals surface area contributed by atoms with Crippen molar-refractivity contribution in [1.29, 1.82) is 0 Å². The maximum absolute atomic E-state index is 11.2. The van der Waals surface area contributed by atoms with Crippen molar-refractivity contribution in [2.24, 2.45) is 0 Å². The largest absolute Gasteiger partial charge is 0.346 e. The normalized spacial score (nSPS) is 29.1. The number of aldehydes is 1. The third-order valence-corrected chi connectivity index (χ3v) is 2.13. The number of ketones is 1. The minimum Gasteiger partial charge on any atom is -0.346 e. The molecule has 2 atom stereocenters. The monoisotopic (exact) mass is 210 g/mol. The van der Waals surface area contributed by atoms with E-state index in [1.54, 1.807) is 13.8 Å². The van der Waals surface area contributed by atoms with Crippen molar-refractivity contribution < 1.29 is 19.1 Å². The molecule has 1 aliphatic heterocycles. The van der Waals surface area contributed by atoms with Crippen molar-refractivity contribution in [1.82, 2.24) is 0 Å². The van der Waals surface area contributed by atoms with Gasteiger partial charge in [-0.3, -0.25) is 9.59 Å². The summed E-state index contributed by atoms with van der Waals surface area (Å²) in [4.78, 5) is 21.6. The zero-order valence-corrected chi connectivity index (χ0v) is 8.86. The van der Waals surface area contributed by atoms with Crippen molar-refractivity contribution in [2.75, 3.05) is 0 Å². The number of hydrogen-bond acceptors (Lipinski definition) is 4. The third kappa shape index (κ3) is 3.15. The zero-order valence-electron chi connectivity index (χ0n) is 8.86. The third-order valence-electron chi connectivity index (χ3n) is 2.13. The molecule has 2 unspecified atom stereocenters. The fraction of sp³-hybridized carbons (Fsp3) is 0.636. The average Bonchev–Trinajstić information content (AvgIpc) is 2.14. The highest BCUT2D eigenvalue weighted by molar-refractivity contribution is 6.27. The summed E-state index contributed by atoms with van der Waals surface area (Å²) >= 11 is 0. The first-order valence-corrected chi connectivity index (χ1v) is 4.76. The summed E-state index contributed by atoms with van der Waals surface area (Å²) in [6, 6.07) is 0. The van der Waals surface area contributed by atoms with E-state index in [1.807, 2.05) is 0 Å². The molecule has 0 amide bonds. The predicted octanol–water partition coefficient (Wildman–Crippen LogP) is 0.688. The van der Waals surface area contributed by atoms with Crippen LogP contribution in [0, 0.1) is 12.3 Å². The smallest absolute Gasteiger partial charge is 0.224 e. The van der Waals surface area contributed by atoms with E-state index < -0.39 is 17.7 Å². The Labute approximate surface area is 88.9 Å². The second-order valence-electron chi connectivity index (χ2n) is 3.91. The van der Waals surface area contributed by atoms with E-state index in [2.05, 4.69) is 5.92 Å². The lowest BCUT2D eigenvalue weighted by atomic mass is 10.0. The molecule has 0 bridgehead atoms. The molecule has 1 aliphatic rings. The molecular weight excluding hydrogens is 196 g/mol. The van der Waals surface area contributed by atoms with E-state index in [4.69, 9.17) is 15.9 Å². The number of carbonyl (C=O) groups excluding carboxylic acids is 2. The van der Waals surface area contributed by atoms with Crippen LogP contribution in [0.15, 0.2) is 0 Å². The van der Waals surface area contributed by atoms with Gasteiger partial charge in [0.05, 0.1) is 6.10 Å². The van der Waals surface area contributed by atoms with Crippen LogP contribution in [0.2, 0.25) is 0 Å². The molecule has 0 N–H and O–H groups in total. The fourth-order valence-corrected chi connectivity index (χ4v) is 1.61. The Balaban J connectivity index is 2.72. The molecule has 0 aromatic rings. The number of hydrogen-bond donors (Lipinski definition) is 0. The van der Waals surface area contributed by atoms with Gasteiger partial charge in [0, 0.05) is 12.8 Å². The average molecular weight is 210 g/mol. The Morgan fingerprint density at radius 1 is 1.60 bits per heavy atom. The zero-order chi connectivity index (χ0) is 11.5. The van der Waals surface area contributed by atoms with Crippen molar-refractivity contribution in [3.63, 3.8) is 0 Å². The fourth-order valence-electron chi connectivity index (χ4n) is 1.61. The van der Waals surface area contributed by atoms with E-state index in [9.17, 15) is 9.59 Å². The molecule has 0 aromatic carbocycles. The van der Waals surface area contributed by atoms with Gasteiger partial charge < -0.3 is 9.47 Å². The minimum atomic E-state index is -0.872. The molecule has 1 saturated heterocycles. The molecule has 82 valence electrons. The van der Waals surface area contributed by atoms with Crippen LogP contribution in [0.5, 0.6) is 0 Å². The van der Waals surface area contributed by atoms with Gasteiger partial charge in [0.25, 0.3) is 0 Å². The molecule has 0 aliphatic carbocycles. The molecule has 4 nitrogen and oxygen atoms in total. The lowest BCUT2D eigenvalue weighted by molar-refractivity contribution is -0.291. The van der Waals surface area contributed by atoms with Gasteiger partial charge in [-0.1, -0.05) is 0 Å². The highest BCUT2D eigenvalue weighted by atomic mass is 16.7. The summed E-state index contributed by atoms with van der Waals surface area (Å²) in [7, 11) is 0. The van der Waals surface area contributed by atoms with E-state index in [-0.39, 0.29) is 12.4 Å².